The zero-order valence-electron chi connectivity index (χ0n) is 8.95. The highest BCUT2D eigenvalue weighted by atomic mass is 19.1. The van der Waals surface area contributed by atoms with E-state index >= 15 is 0 Å². The van der Waals surface area contributed by atoms with Gasteiger partial charge in [-0.3, -0.25) is 0 Å². The van der Waals surface area contributed by atoms with Crippen molar-refractivity contribution in [3.05, 3.63) is 36.0 Å². The molecule has 0 aliphatic rings. The lowest BCUT2D eigenvalue weighted by molar-refractivity contribution is 0.399. The number of benzene rings is 1. The van der Waals surface area contributed by atoms with Crippen LogP contribution in [0.15, 0.2) is 24.4 Å². The average molecular weight is 237 g/mol. The lowest BCUT2D eigenvalue weighted by atomic mass is 10.1. The lowest BCUT2D eigenvalue weighted by Crippen LogP contribution is -1.99. The normalized spacial score (nSPS) is 10.3. The standard InChI is InChI=1S/C11H9F2N3O/c1-17-11-10(14)15-5-9(16-11)6-2-7(12)4-8(13)3-6/h2-5H,1H3,(H2,14,15). The number of nitrogens with zero attached hydrogens (tertiary/aromatic N) is 2. The molecule has 17 heavy (non-hydrogen) atoms. The maximum absolute atomic E-state index is 13.0. The van der Waals surface area contributed by atoms with Crippen molar-refractivity contribution in [2.75, 3.05) is 12.8 Å². The predicted octanol–water partition coefficient (Wildman–Crippen LogP) is 2.01. The van der Waals surface area contributed by atoms with Crippen molar-refractivity contribution >= 4 is 5.82 Å². The number of rotatable bonds is 2. The SMILES string of the molecule is COc1nc(-c2cc(F)cc(F)c2)cnc1N. The van der Waals surface area contributed by atoms with Gasteiger partial charge >= 0.3 is 0 Å². The molecule has 6 heteroatoms. The van der Waals surface area contributed by atoms with E-state index in [-0.39, 0.29) is 23.0 Å². The largest absolute Gasteiger partial charge is 0.478 e. The number of nitrogens with two attached hydrogens (primary N) is 1. The molecule has 2 aromatic rings. The topological polar surface area (TPSA) is 61.0 Å². The van der Waals surface area contributed by atoms with Crippen molar-refractivity contribution in [1.29, 1.82) is 0 Å². The molecule has 0 saturated heterocycles. The van der Waals surface area contributed by atoms with Crippen LogP contribution in [0.25, 0.3) is 11.3 Å². The maximum Gasteiger partial charge on any atom is 0.257 e. The van der Waals surface area contributed by atoms with Crippen molar-refractivity contribution in [2.45, 2.75) is 0 Å². The first kappa shape index (κ1) is 11.3. The van der Waals surface area contributed by atoms with E-state index in [2.05, 4.69) is 9.97 Å². The molecule has 0 atom stereocenters. The van der Waals surface area contributed by atoms with Gasteiger partial charge in [-0.1, -0.05) is 0 Å². The highest BCUT2D eigenvalue weighted by molar-refractivity contribution is 5.60. The Bertz CT molecular complexity index is 540. The number of hydrogen-bond acceptors (Lipinski definition) is 4. The van der Waals surface area contributed by atoms with Crippen molar-refractivity contribution < 1.29 is 13.5 Å². The molecule has 0 aliphatic carbocycles. The third kappa shape index (κ3) is 2.30. The Morgan fingerprint density at radius 3 is 2.41 bits per heavy atom. The van der Waals surface area contributed by atoms with Gasteiger partial charge in [-0.05, 0) is 12.1 Å². The van der Waals surface area contributed by atoms with Crippen LogP contribution in [0.3, 0.4) is 0 Å². The van der Waals surface area contributed by atoms with Crippen LogP contribution < -0.4 is 10.5 Å². The maximum atomic E-state index is 13.0. The minimum atomic E-state index is -0.683. The van der Waals surface area contributed by atoms with E-state index in [9.17, 15) is 8.78 Å². The van der Waals surface area contributed by atoms with Gasteiger partial charge in [0.15, 0.2) is 5.82 Å². The van der Waals surface area contributed by atoms with Gasteiger partial charge in [-0.25, -0.2) is 18.7 Å². The Balaban J connectivity index is 2.52. The molecule has 0 saturated carbocycles. The van der Waals surface area contributed by atoms with Crippen LogP contribution in [0.2, 0.25) is 0 Å². The summed E-state index contributed by atoms with van der Waals surface area (Å²) in [6, 6.07) is 3.09. The fraction of sp³-hybridized carbons (Fsp3) is 0.0909. The molecule has 2 N–H and O–H groups in total. The second kappa shape index (κ2) is 4.32. The minimum Gasteiger partial charge on any atom is -0.478 e. The van der Waals surface area contributed by atoms with Crippen molar-refractivity contribution in [3.63, 3.8) is 0 Å². The molecule has 2 rings (SSSR count). The molecule has 0 unspecified atom stereocenters. The van der Waals surface area contributed by atoms with E-state index in [1.165, 1.54) is 13.3 Å². The first-order valence-corrected chi connectivity index (χ1v) is 4.73. The molecule has 0 radical (unpaired) electrons. The summed E-state index contributed by atoms with van der Waals surface area (Å²) >= 11 is 0. The highest BCUT2D eigenvalue weighted by Gasteiger charge is 2.08. The fourth-order valence-corrected chi connectivity index (χ4v) is 1.37. The van der Waals surface area contributed by atoms with Gasteiger partial charge in [0.1, 0.15) is 11.6 Å². The molecular formula is C11H9F2N3O. The van der Waals surface area contributed by atoms with E-state index in [0.29, 0.717) is 0 Å². The molecule has 1 aromatic carbocycles. The summed E-state index contributed by atoms with van der Waals surface area (Å²) in [7, 11) is 1.39. The molecule has 88 valence electrons. The number of ether oxygens (including phenoxy) is 1. The zero-order chi connectivity index (χ0) is 12.4. The Hall–Kier alpha value is -2.24. The molecule has 0 amide bonds. The van der Waals surface area contributed by atoms with Crippen LogP contribution in [-0.4, -0.2) is 17.1 Å². The van der Waals surface area contributed by atoms with Crippen molar-refractivity contribution in [3.8, 4) is 17.1 Å². The van der Waals surface area contributed by atoms with E-state index in [1.807, 2.05) is 0 Å². The summed E-state index contributed by atoms with van der Waals surface area (Å²) in [5.41, 5.74) is 6.05. The van der Waals surface area contributed by atoms with Crippen LogP contribution in [0, 0.1) is 11.6 Å². The van der Waals surface area contributed by atoms with Crippen LogP contribution in [0.1, 0.15) is 0 Å². The summed E-state index contributed by atoms with van der Waals surface area (Å²) in [4.78, 5) is 7.83. The van der Waals surface area contributed by atoms with Gasteiger partial charge in [0.05, 0.1) is 19.0 Å². The molecule has 4 nitrogen and oxygen atoms in total. The summed E-state index contributed by atoms with van der Waals surface area (Å²) in [6.45, 7) is 0. The van der Waals surface area contributed by atoms with Gasteiger partial charge in [-0.15, -0.1) is 0 Å². The molecule has 0 aliphatic heterocycles. The number of anilines is 1. The second-order valence-electron chi connectivity index (χ2n) is 3.31. The number of nitrogen functional groups attached to an aromatic ring is 1. The lowest BCUT2D eigenvalue weighted by Gasteiger charge is -2.05. The van der Waals surface area contributed by atoms with Gasteiger partial charge in [-0.2, -0.15) is 0 Å². The summed E-state index contributed by atoms with van der Waals surface area (Å²) in [5.74, 6) is -1.13. The van der Waals surface area contributed by atoms with Gasteiger partial charge in [0, 0.05) is 11.6 Å². The summed E-state index contributed by atoms with van der Waals surface area (Å²) in [5, 5.41) is 0. The number of aromatic nitrogens is 2. The fourth-order valence-electron chi connectivity index (χ4n) is 1.37. The Morgan fingerprint density at radius 2 is 1.82 bits per heavy atom. The van der Waals surface area contributed by atoms with Crippen LogP contribution in [0.4, 0.5) is 14.6 Å². The molecule has 0 fully saturated rings. The smallest absolute Gasteiger partial charge is 0.257 e. The van der Waals surface area contributed by atoms with Crippen LogP contribution in [-0.2, 0) is 0 Å². The number of methoxy groups -OCH3 is 1. The molecular weight excluding hydrogens is 228 g/mol. The van der Waals surface area contributed by atoms with E-state index in [1.54, 1.807) is 0 Å². The van der Waals surface area contributed by atoms with Crippen LogP contribution in [0.5, 0.6) is 5.88 Å². The quantitative estimate of drug-likeness (QED) is 0.867. The summed E-state index contributed by atoms with van der Waals surface area (Å²) < 4.78 is 30.9. The highest BCUT2D eigenvalue weighted by Crippen LogP contribution is 2.23. The number of hydrogen-bond donors (Lipinski definition) is 1. The van der Waals surface area contributed by atoms with E-state index in [4.69, 9.17) is 10.5 Å². The summed E-state index contributed by atoms with van der Waals surface area (Å²) in [6.07, 6.45) is 1.33. The second-order valence-corrected chi connectivity index (χ2v) is 3.31. The number of halogens is 2. The molecule has 0 spiro atoms. The van der Waals surface area contributed by atoms with E-state index in [0.717, 1.165) is 18.2 Å². The minimum absolute atomic E-state index is 0.118. The van der Waals surface area contributed by atoms with E-state index < -0.39 is 11.6 Å². The first-order valence-electron chi connectivity index (χ1n) is 4.73. The Morgan fingerprint density at radius 1 is 1.18 bits per heavy atom. The van der Waals surface area contributed by atoms with Gasteiger partial charge in [0.25, 0.3) is 5.88 Å². The Kier molecular flexibility index (Phi) is 2.86. The third-order valence-corrected chi connectivity index (χ3v) is 2.12. The van der Waals surface area contributed by atoms with Gasteiger partial charge in [0.2, 0.25) is 0 Å². The predicted molar refractivity (Wildman–Crippen MR) is 58.3 cm³/mol. The van der Waals surface area contributed by atoms with Crippen LogP contribution >= 0.6 is 0 Å². The van der Waals surface area contributed by atoms with Gasteiger partial charge < -0.3 is 10.5 Å². The van der Waals surface area contributed by atoms with Crippen molar-refractivity contribution in [2.24, 2.45) is 0 Å². The Labute approximate surface area is 96.1 Å². The third-order valence-electron chi connectivity index (χ3n) is 2.12. The molecule has 1 aromatic heterocycles. The molecule has 0 bridgehead atoms. The average Bonchev–Trinajstić information content (AvgIpc) is 2.28. The zero-order valence-corrected chi connectivity index (χ0v) is 8.95. The van der Waals surface area contributed by atoms with Crippen molar-refractivity contribution in [1.82, 2.24) is 9.97 Å². The molecule has 1 heterocycles. The monoisotopic (exact) mass is 237 g/mol. The first-order chi connectivity index (χ1) is 8.10.